The van der Waals surface area contributed by atoms with Crippen LogP contribution in [0.25, 0.3) is 0 Å². The Labute approximate surface area is 153 Å². The van der Waals surface area contributed by atoms with E-state index in [1.165, 1.54) is 6.92 Å². The van der Waals surface area contributed by atoms with Gasteiger partial charge in [0, 0.05) is 17.8 Å². The van der Waals surface area contributed by atoms with Crippen LogP contribution in [0.15, 0.2) is 42.5 Å². The molecule has 0 aliphatic heterocycles. The Morgan fingerprint density at radius 2 is 1.50 bits per heavy atom. The molecule has 5 nitrogen and oxygen atoms in total. The van der Waals surface area contributed by atoms with Crippen molar-refractivity contribution in [3.8, 4) is 0 Å². The molecule has 0 aromatic heterocycles. The minimum Gasteiger partial charge on any atom is -0.326 e. The lowest BCUT2D eigenvalue weighted by Gasteiger charge is -2.15. The zero-order valence-corrected chi connectivity index (χ0v) is 15.6. The number of rotatable bonds is 6. The number of amides is 2. The van der Waals surface area contributed by atoms with Gasteiger partial charge in [0.15, 0.2) is 0 Å². The molecule has 136 valence electrons. The zero-order valence-electron chi connectivity index (χ0n) is 15.6. The molecule has 0 aliphatic rings. The van der Waals surface area contributed by atoms with Crippen molar-refractivity contribution in [3.63, 3.8) is 0 Å². The highest BCUT2D eigenvalue weighted by Crippen LogP contribution is 2.19. The summed E-state index contributed by atoms with van der Waals surface area (Å²) in [5.74, 6) is -2.21. The molecule has 0 heterocycles. The number of anilines is 2. The molecule has 0 radical (unpaired) electrons. The monoisotopic (exact) mass is 352 g/mol. The van der Waals surface area contributed by atoms with Crippen LogP contribution in [0.2, 0.25) is 0 Å². The molecule has 2 N–H and O–H groups in total. The first-order valence-corrected chi connectivity index (χ1v) is 8.51. The van der Waals surface area contributed by atoms with Gasteiger partial charge in [-0.1, -0.05) is 35.4 Å². The summed E-state index contributed by atoms with van der Waals surface area (Å²) in [6.45, 7) is 7.13. The first-order chi connectivity index (χ1) is 12.3. The number of nitrogens with one attached hydrogen (secondary N) is 2. The summed E-state index contributed by atoms with van der Waals surface area (Å²) in [5.41, 5.74) is 4.35. The molecule has 0 unspecified atom stereocenters. The predicted octanol–water partition coefficient (Wildman–Crippen LogP) is 3.78. The topological polar surface area (TPSA) is 75.3 Å². The molecule has 0 bridgehead atoms. The van der Waals surface area contributed by atoms with Crippen molar-refractivity contribution >= 4 is 29.0 Å². The number of aryl methyl sites for hydroxylation is 3. The number of hydrogen-bond donors (Lipinski definition) is 2. The molecule has 0 spiro atoms. The lowest BCUT2D eigenvalue weighted by molar-refractivity contribution is -0.133. The molecule has 0 fully saturated rings. The average Bonchev–Trinajstić information content (AvgIpc) is 2.57. The summed E-state index contributed by atoms with van der Waals surface area (Å²) in [6.07, 6.45) is -0.194. The number of ketones is 1. The van der Waals surface area contributed by atoms with Crippen molar-refractivity contribution in [2.45, 2.75) is 34.1 Å². The highest BCUT2D eigenvalue weighted by Gasteiger charge is 2.26. The van der Waals surface area contributed by atoms with Crippen LogP contribution in [0.5, 0.6) is 0 Å². The molecule has 2 rings (SSSR count). The van der Waals surface area contributed by atoms with Crippen LogP contribution in [0, 0.1) is 26.7 Å². The highest BCUT2D eigenvalue weighted by molar-refractivity contribution is 6.10. The molecule has 2 aromatic carbocycles. The summed E-state index contributed by atoms with van der Waals surface area (Å²) in [6, 6.07) is 13.0. The quantitative estimate of drug-likeness (QED) is 0.777. The largest absolute Gasteiger partial charge is 0.326 e. The normalized spacial score (nSPS) is 11.5. The zero-order chi connectivity index (χ0) is 19.3. The number of hydrogen-bond acceptors (Lipinski definition) is 3. The second-order valence-electron chi connectivity index (χ2n) is 6.59. The molecule has 0 saturated carbocycles. The van der Waals surface area contributed by atoms with Crippen LogP contribution >= 0.6 is 0 Å². The molecule has 1 atom stereocenters. The Morgan fingerprint density at radius 3 is 2.08 bits per heavy atom. The van der Waals surface area contributed by atoms with Crippen molar-refractivity contribution in [2.24, 2.45) is 5.92 Å². The van der Waals surface area contributed by atoms with Crippen molar-refractivity contribution in [1.29, 1.82) is 0 Å². The second kappa shape index (κ2) is 8.43. The van der Waals surface area contributed by atoms with Crippen molar-refractivity contribution < 1.29 is 14.4 Å². The SMILES string of the molecule is CC(=O)[C@@H](CC(=O)Nc1ccc(C)cc1)C(=O)Nc1ccc(C)cc1C. The summed E-state index contributed by atoms with van der Waals surface area (Å²) in [5, 5.41) is 5.48. The van der Waals surface area contributed by atoms with Gasteiger partial charge >= 0.3 is 0 Å². The van der Waals surface area contributed by atoms with Crippen LogP contribution < -0.4 is 10.6 Å². The van der Waals surface area contributed by atoms with Gasteiger partial charge in [0.1, 0.15) is 11.7 Å². The van der Waals surface area contributed by atoms with Gasteiger partial charge in [-0.25, -0.2) is 0 Å². The van der Waals surface area contributed by atoms with Gasteiger partial charge in [0.05, 0.1) is 0 Å². The summed E-state index contributed by atoms with van der Waals surface area (Å²) >= 11 is 0. The Morgan fingerprint density at radius 1 is 0.885 bits per heavy atom. The van der Waals surface area contributed by atoms with Gasteiger partial charge in [-0.05, 0) is 51.5 Å². The van der Waals surface area contributed by atoms with Crippen LogP contribution in [0.4, 0.5) is 11.4 Å². The van der Waals surface area contributed by atoms with Crippen LogP contribution in [0.3, 0.4) is 0 Å². The summed E-state index contributed by atoms with van der Waals surface area (Å²) < 4.78 is 0. The number of Topliss-reactive ketones (excluding diaryl/α,β-unsaturated/α-hetero) is 1. The minimum atomic E-state index is -1.03. The van der Waals surface area contributed by atoms with Crippen LogP contribution in [-0.4, -0.2) is 17.6 Å². The van der Waals surface area contributed by atoms with Gasteiger partial charge in [-0.3, -0.25) is 14.4 Å². The molecular formula is C21H24N2O3. The average molecular weight is 352 g/mol. The lowest BCUT2D eigenvalue weighted by atomic mass is 9.99. The maximum atomic E-state index is 12.5. The number of benzene rings is 2. The Bertz CT molecular complexity index is 826. The minimum absolute atomic E-state index is 0.194. The van der Waals surface area contributed by atoms with Gasteiger partial charge < -0.3 is 10.6 Å². The molecule has 26 heavy (non-hydrogen) atoms. The van der Waals surface area contributed by atoms with E-state index < -0.39 is 11.8 Å². The third-order valence-corrected chi connectivity index (χ3v) is 4.17. The second-order valence-corrected chi connectivity index (χ2v) is 6.59. The summed E-state index contributed by atoms with van der Waals surface area (Å²) in [7, 11) is 0. The van der Waals surface area contributed by atoms with Crippen molar-refractivity contribution in [2.75, 3.05) is 10.6 Å². The van der Waals surface area contributed by atoms with E-state index in [0.29, 0.717) is 11.4 Å². The summed E-state index contributed by atoms with van der Waals surface area (Å²) in [4.78, 5) is 36.7. The van der Waals surface area contributed by atoms with Crippen molar-refractivity contribution in [3.05, 3.63) is 59.2 Å². The Kier molecular flexibility index (Phi) is 6.28. The van der Waals surface area contributed by atoms with Crippen molar-refractivity contribution in [1.82, 2.24) is 0 Å². The lowest BCUT2D eigenvalue weighted by Crippen LogP contribution is -2.32. The van der Waals surface area contributed by atoms with E-state index in [2.05, 4.69) is 10.6 Å². The van der Waals surface area contributed by atoms with E-state index in [-0.39, 0.29) is 18.1 Å². The molecule has 0 aliphatic carbocycles. The van der Waals surface area contributed by atoms with Gasteiger partial charge in [0.25, 0.3) is 0 Å². The van der Waals surface area contributed by atoms with E-state index in [1.807, 2.05) is 45.0 Å². The van der Waals surface area contributed by atoms with Gasteiger partial charge in [-0.15, -0.1) is 0 Å². The fraction of sp³-hybridized carbons (Fsp3) is 0.286. The van der Waals surface area contributed by atoms with E-state index >= 15 is 0 Å². The smallest absolute Gasteiger partial charge is 0.235 e. The Balaban J connectivity index is 2.05. The van der Waals surface area contributed by atoms with Gasteiger partial charge in [0.2, 0.25) is 11.8 Å². The van der Waals surface area contributed by atoms with E-state index in [9.17, 15) is 14.4 Å². The van der Waals surface area contributed by atoms with Crippen LogP contribution in [0.1, 0.15) is 30.0 Å². The first kappa shape index (κ1) is 19.4. The third-order valence-electron chi connectivity index (χ3n) is 4.17. The maximum absolute atomic E-state index is 12.5. The van der Waals surface area contributed by atoms with E-state index in [0.717, 1.165) is 16.7 Å². The first-order valence-electron chi connectivity index (χ1n) is 8.51. The van der Waals surface area contributed by atoms with E-state index in [1.54, 1.807) is 18.2 Å². The maximum Gasteiger partial charge on any atom is 0.235 e. The predicted molar refractivity (Wildman–Crippen MR) is 103 cm³/mol. The van der Waals surface area contributed by atoms with Crippen LogP contribution in [-0.2, 0) is 14.4 Å². The highest BCUT2D eigenvalue weighted by atomic mass is 16.2. The van der Waals surface area contributed by atoms with Gasteiger partial charge in [-0.2, -0.15) is 0 Å². The molecule has 2 aromatic rings. The molecule has 0 saturated heterocycles. The fourth-order valence-electron chi connectivity index (χ4n) is 2.63. The third kappa shape index (κ3) is 5.28. The standard InChI is InChI=1S/C21H24N2O3/c1-13-5-8-17(9-6-13)22-20(25)12-18(16(4)24)21(26)23-19-10-7-14(2)11-15(19)3/h5-11,18H,12H2,1-4H3,(H,22,25)(H,23,26)/t18-/m1/s1. The number of carbonyl (C=O) groups is 3. The molecular weight excluding hydrogens is 328 g/mol. The number of carbonyl (C=O) groups excluding carboxylic acids is 3. The molecule has 2 amide bonds. The fourth-order valence-corrected chi connectivity index (χ4v) is 2.63. The molecule has 5 heteroatoms. The van der Waals surface area contributed by atoms with E-state index in [4.69, 9.17) is 0 Å². The Hall–Kier alpha value is -2.95.